The van der Waals surface area contributed by atoms with E-state index in [4.69, 9.17) is 0 Å². The lowest BCUT2D eigenvalue weighted by atomic mass is 9.99. The molecule has 26 heavy (non-hydrogen) atoms. The summed E-state index contributed by atoms with van der Waals surface area (Å²) in [5.41, 5.74) is 4.01. The van der Waals surface area contributed by atoms with E-state index in [1.807, 2.05) is 49.1 Å². The Labute approximate surface area is 149 Å². The predicted octanol–water partition coefficient (Wildman–Crippen LogP) is 4.46. The number of nitrogens with one attached hydrogen (secondary N) is 1. The van der Waals surface area contributed by atoms with Crippen LogP contribution < -0.4 is 0 Å². The third-order valence-corrected chi connectivity index (χ3v) is 4.47. The molecule has 0 fully saturated rings. The fraction of sp³-hybridized carbons (Fsp3) is 0. The van der Waals surface area contributed by atoms with Gasteiger partial charge in [-0.1, -0.05) is 30.3 Å². The zero-order valence-electron chi connectivity index (χ0n) is 13.9. The van der Waals surface area contributed by atoms with Gasteiger partial charge in [-0.25, -0.2) is 4.68 Å². The van der Waals surface area contributed by atoms with Crippen molar-refractivity contribution in [3.05, 3.63) is 85.1 Å². The number of benzene rings is 2. The van der Waals surface area contributed by atoms with E-state index in [2.05, 4.69) is 50.6 Å². The van der Waals surface area contributed by atoms with Crippen LogP contribution in [0.1, 0.15) is 5.69 Å². The second-order valence-electron chi connectivity index (χ2n) is 6.09. The number of hydrogen-bond acceptors (Lipinski definition) is 3. The highest BCUT2D eigenvalue weighted by Gasteiger charge is 2.09. The van der Waals surface area contributed by atoms with Crippen molar-refractivity contribution in [2.24, 2.45) is 5.10 Å². The molecule has 2 aromatic carbocycles. The molecule has 0 saturated carbocycles. The molecule has 5 nitrogen and oxygen atoms in total. The Bertz CT molecular complexity index is 1230. The van der Waals surface area contributed by atoms with Crippen molar-refractivity contribution >= 4 is 27.9 Å². The highest BCUT2D eigenvalue weighted by atomic mass is 15.3. The molecule has 5 aromatic rings. The summed E-state index contributed by atoms with van der Waals surface area (Å²) in [6.45, 7) is 0. The molecule has 0 saturated heterocycles. The Morgan fingerprint density at radius 1 is 0.923 bits per heavy atom. The lowest BCUT2D eigenvalue weighted by Crippen LogP contribution is -1.88. The van der Waals surface area contributed by atoms with E-state index in [9.17, 15) is 0 Å². The summed E-state index contributed by atoms with van der Waals surface area (Å²) in [5, 5.41) is 15.2. The van der Waals surface area contributed by atoms with Crippen LogP contribution in [0.15, 0.2) is 84.5 Å². The summed E-state index contributed by atoms with van der Waals surface area (Å²) in [7, 11) is 0. The Balaban J connectivity index is 1.64. The maximum absolute atomic E-state index is 4.41. The summed E-state index contributed by atoms with van der Waals surface area (Å²) in [6, 6.07) is 18.4. The molecule has 0 bridgehead atoms. The van der Waals surface area contributed by atoms with Crippen molar-refractivity contribution in [1.29, 1.82) is 0 Å². The van der Waals surface area contributed by atoms with E-state index < -0.39 is 0 Å². The van der Waals surface area contributed by atoms with E-state index in [-0.39, 0.29) is 0 Å². The molecule has 0 atom stereocenters. The van der Waals surface area contributed by atoms with Crippen molar-refractivity contribution < 1.29 is 0 Å². The number of aromatic nitrogens is 4. The Morgan fingerprint density at radius 2 is 1.81 bits per heavy atom. The van der Waals surface area contributed by atoms with E-state index >= 15 is 0 Å². The van der Waals surface area contributed by atoms with E-state index in [0.717, 1.165) is 33.1 Å². The molecule has 124 valence electrons. The van der Waals surface area contributed by atoms with Crippen molar-refractivity contribution in [1.82, 2.24) is 19.9 Å². The van der Waals surface area contributed by atoms with E-state index in [1.165, 1.54) is 5.39 Å². The first-order valence-corrected chi connectivity index (χ1v) is 8.37. The maximum atomic E-state index is 4.41. The third kappa shape index (κ3) is 2.46. The molecular weight excluding hydrogens is 322 g/mol. The number of fused-ring (bicyclic) bond motifs is 2. The van der Waals surface area contributed by atoms with Crippen LogP contribution in [-0.2, 0) is 0 Å². The molecule has 0 aliphatic rings. The van der Waals surface area contributed by atoms with Gasteiger partial charge in [0.15, 0.2) is 0 Å². The van der Waals surface area contributed by atoms with Crippen LogP contribution in [-0.4, -0.2) is 26.1 Å². The number of hydrogen-bond donors (Lipinski definition) is 1. The second kappa shape index (κ2) is 5.97. The van der Waals surface area contributed by atoms with Gasteiger partial charge >= 0.3 is 0 Å². The van der Waals surface area contributed by atoms with Gasteiger partial charge in [0.1, 0.15) is 5.69 Å². The van der Waals surface area contributed by atoms with Gasteiger partial charge in [-0.15, -0.1) is 0 Å². The van der Waals surface area contributed by atoms with Crippen LogP contribution in [0.5, 0.6) is 0 Å². The molecular formula is C21H15N5. The van der Waals surface area contributed by atoms with Gasteiger partial charge in [0.25, 0.3) is 0 Å². The smallest absolute Gasteiger partial charge is 0.113 e. The van der Waals surface area contributed by atoms with Crippen LogP contribution in [0.25, 0.3) is 32.8 Å². The van der Waals surface area contributed by atoms with Crippen LogP contribution in [0, 0.1) is 0 Å². The van der Waals surface area contributed by atoms with Crippen LogP contribution >= 0.6 is 0 Å². The average molecular weight is 337 g/mol. The van der Waals surface area contributed by atoms with Gasteiger partial charge in [0.2, 0.25) is 0 Å². The first-order chi connectivity index (χ1) is 12.9. The van der Waals surface area contributed by atoms with Crippen molar-refractivity contribution in [2.45, 2.75) is 0 Å². The molecule has 5 rings (SSSR count). The molecule has 0 radical (unpaired) electrons. The molecule has 0 unspecified atom stereocenters. The minimum atomic E-state index is 0.809. The van der Waals surface area contributed by atoms with Crippen molar-refractivity contribution in [3.8, 4) is 11.1 Å². The maximum Gasteiger partial charge on any atom is 0.113 e. The van der Waals surface area contributed by atoms with Gasteiger partial charge in [0, 0.05) is 41.1 Å². The largest absolute Gasteiger partial charge is 0.277 e. The molecule has 0 spiro atoms. The Kier molecular flexibility index (Phi) is 3.35. The van der Waals surface area contributed by atoms with Crippen molar-refractivity contribution in [2.75, 3.05) is 0 Å². The zero-order chi connectivity index (χ0) is 17.3. The lowest BCUT2D eigenvalue weighted by molar-refractivity contribution is 0.893. The summed E-state index contributed by atoms with van der Waals surface area (Å²) in [4.78, 5) is 4.40. The number of nitrogens with zero attached hydrogens (tertiary/aromatic N) is 4. The second-order valence-corrected chi connectivity index (χ2v) is 6.09. The molecule has 3 heterocycles. The van der Waals surface area contributed by atoms with Gasteiger partial charge in [-0.2, -0.15) is 10.2 Å². The minimum absolute atomic E-state index is 0.809. The first kappa shape index (κ1) is 14.6. The SMILES string of the molecule is C(=N\n1cccc1)/c1n[nH]c2ccc(-c3cncc4ccccc34)cc12. The van der Waals surface area contributed by atoms with Crippen LogP contribution in [0.3, 0.4) is 0 Å². The zero-order valence-corrected chi connectivity index (χ0v) is 13.9. The standard InChI is InChI=1S/C21H15N5/c1-2-6-17-16(5-1)12-22-13-19(17)15-7-8-20-18(11-15)21(25-24-20)14-23-26-9-3-4-10-26/h1-14H,(H,24,25)/b23-14+. The molecule has 1 N–H and O–H groups in total. The van der Waals surface area contributed by atoms with Crippen LogP contribution in [0.2, 0.25) is 0 Å². The number of pyridine rings is 1. The van der Waals surface area contributed by atoms with E-state index in [0.29, 0.717) is 0 Å². The van der Waals surface area contributed by atoms with E-state index in [1.54, 1.807) is 10.9 Å². The fourth-order valence-corrected chi connectivity index (χ4v) is 3.17. The quantitative estimate of drug-likeness (QED) is 0.494. The fourth-order valence-electron chi connectivity index (χ4n) is 3.17. The summed E-state index contributed by atoms with van der Waals surface area (Å²) in [5.74, 6) is 0. The minimum Gasteiger partial charge on any atom is -0.277 e. The molecule has 3 aromatic heterocycles. The summed E-state index contributed by atoms with van der Waals surface area (Å²) < 4.78 is 1.75. The predicted molar refractivity (Wildman–Crippen MR) is 104 cm³/mol. The average Bonchev–Trinajstić information content (AvgIpc) is 3.35. The molecule has 5 heteroatoms. The van der Waals surface area contributed by atoms with Crippen LogP contribution in [0.4, 0.5) is 0 Å². The third-order valence-electron chi connectivity index (χ3n) is 4.47. The highest BCUT2D eigenvalue weighted by molar-refractivity contribution is 6.01. The van der Waals surface area contributed by atoms with Gasteiger partial charge in [-0.3, -0.25) is 10.1 Å². The summed E-state index contributed by atoms with van der Waals surface area (Å²) in [6.07, 6.45) is 9.35. The topological polar surface area (TPSA) is 58.9 Å². The monoisotopic (exact) mass is 337 g/mol. The number of rotatable bonds is 3. The van der Waals surface area contributed by atoms with Gasteiger partial charge in [-0.05, 0) is 35.2 Å². The van der Waals surface area contributed by atoms with Gasteiger partial charge in [0.05, 0.1) is 11.7 Å². The molecule has 0 aliphatic heterocycles. The number of H-pyrrole nitrogens is 1. The molecule has 0 aliphatic carbocycles. The van der Waals surface area contributed by atoms with Gasteiger partial charge < -0.3 is 0 Å². The Hall–Kier alpha value is -3.73. The molecule has 0 amide bonds. The Morgan fingerprint density at radius 3 is 2.73 bits per heavy atom. The van der Waals surface area contributed by atoms with Crippen molar-refractivity contribution in [3.63, 3.8) is 0 Å². The normalized spacial score (nSPS) is 11.7. The highest BCUT2D eigenvalue weighted by Crippen LogP contribution is 2.30. The lowest BCUT2D eigenvalue weighted by Gasteiger charge is -2.06. The first-order valence-electron chi connectivity index (χ1n) is 8.37. The number of aromatic amines is 1. The summed E-state index contributed by atoms with van der Waals surface area (Å²) >= 11 is 0.